The molecule has 0 atom stereocenters. The summed E-state index contributed by atoms with van der Waals surface area (Å²) in [5.74, 6) is 0.344. The van der Waals surface area contributed by atoms with Gasteiger partial charge in [0.15, 0.2) is 0 Å². The first-order valence-corrected chi connectivity index (χ1v) is 10.2. The molecule has 7 nitrogen and oxygen atoms in total. The lowest BCUT2D eigenvalue weighted by molar-refractivity contribution is -0.133. The van der Waals surface area contributed by atoms with E-state index in [1.807, 2.05) is 6.92 Å². The summed E-state index contributed by atoms with van der Waals surface area (Å²) in [7, 11) is -3.15. The van der Waals surface area contributed by atoms with Gasteiger partial charge in [-0.05, 0) is 6.42 Å². The number of hydrogen-bond acceptors (Lipinski definition) is 5. The molecule has 0 N–H and O–H groups in total. The third-order valence-corrected chi connectivity index (χ3v) is 6.44. The Kier molecular flexibility index (Phi) is 7.26. The van der Waals surface area contributed by atoms with Crippen LogP contribution in [0.1, 0.15) is 26.2 Å². The Morgan fingerprint density at radius 2 is 1.70 bits per heavy atom. The topological polar surface area (TPSA) is 70.2 Å². The summed E-state index contributed by atoms with van der Waals surface area (Å²) in [6.45, 7) is 7.86. The van der Waals surface area contributed by atoms with Gasteiger partial charge in [0.05, 0.1) is 19.0 Å². The van der Waals surface area contributed by atoms with Crippen LogP contribution < -0.4 is 0 Å². The average Bonchev–Trinajstić information content (AvgIpc) is 2.59. The van der Waals surface area contributed by atoms with Crippen molar-refractivity contribution in [3.8, 4) is 0 Å². The van der Waals surface area contributed by atoms with E-state index in [2.05, 4.69) is 4.90 Å². The van der Waals surface area contributed by atoms with E-state index in [1.54, 1.807) is 4.90 Å². The van der Waals surface area contributed by atoms with Crippen LogP contribution in [0.4, 0.5) is 0 Å². The maximum absolute atomic E-state index is 12.3. The lowest BCUT2D eigenvalue weighted by Gasteiger charge is -2.34. The van der Waals surface area contributed by atoms with Crippen molar-refractivity contribution in [2.24, 2.45) is 0 Å². The summed E-state index contributed by atoms with van der Waals surface area (Å²) in [5, 5.41) is 0. The van der Waals surface area contributed by atoms with Gasteiger partial charge in [0, 0.05) is 52.2 Å². The Morgan fingerprint density at radius 1 is 1.04 bits per heavy atom. The van der Waals surface area contributed by atoms with E-state index in [4.69, 9.17) is 4.74 Å². The highest BCUT2D eigenvalue weighted by molar-refractivity contribution is 7.89. The zero-order chi connectivity index (χ0) is 16.7. The molecule has 0 aromatic heterocycles. The van der Waals surface area contributed by atoms with Crippen LogP contribution in [0.2, 0.25) is 0 Å². The van der Waals surface area contributed by atoms with Gasteiger partial charge in [0.2, 0.25) is 15.9 Å². The molecule has 0 aromatic carbocycles. The van der Waals surface area contributed by atoms with E-state index in [-0.39, 0.29) is 11.7 Å². The summed E-state index contributed by atoms with van der Waals surface area (Å²) < 4.78 is 31.1. The third-order valence-electron chi connectivity index (χ3n) is 4.49. The van der Waals surface area contributed by atoms with Gasteiger partial charge in [-0.3, -0.25) is 9.69 Å². The molecule has 8 heteroatoms. The van der Waals surface area contributed by atoms with Gasteiger partial charge < -0.3 is 9.64 Å². The number of hydrogen-bond donors (Lipinski definition) is 0. The van der Waals surface area contributed by atoms with E-state index in [9.17, 15) is 13.2 Å². The first-order valence-electron chi connectivity index (χ1n) is 8.58. The van der Waals surface area contributed by atoms with Gasteiger partial charge in [-0.25, -0.2) is 8.42 Å². The van der Waals surface area contributed by atoms with Crippen LogP contribution in [-0.2, 0) is 19.6 Å². The molecule has 0 spiro atoms. The molecule has 0 saturated carbocycles. The summed E-state index contributed by atoms with van der Waals surface area (Å²) >= 11 is 0. The van der Waals surface area contributed by atoms with Crippen molar-refractivity contribution in [1.29, 1.82) is 0 Å². The fraction of sp³-hybridized carbons (Fsp3) is 0.933. The van der Waals surface area contributed by atoms with Gasteiger partial charge in [0.25, 0.3) is 0 Å². The van der Waals surface area contributed by atoms with Crippen LogP contribution >= 0.6 is 0 Å². The van der Waals surface area contributed by atoms with Crippen molar-refractivity contribution in [2.45, 2.75) is 26.2 Å². The summed E-state index contributed by atoms with van der Waals surface area (Å²) in [6.07, 6.45) is 2.07. The van der Waals surface area contributed by atoms with Crippen molar-refractivity contribution >= 4 is 15.9 Å². The summed E-state index contributed by atoms with van der Waals surface area (Å²) in [4.78, 5) is 16.3. The maximum atomic E-state index is 12.3. The smallest absolute Gasteiger partial charge is 0.223 e. The number of unbranched alkanes of at least 4 members (excludes halogenated alkanes) is 1. The third kappa shape index (κ3) is 5.70. The van der Waals surface area contributed by atoms with Gasteiger partial charge in [-0.15, -0.1) is 0 Å². The van der Waals surface area contributed by atoms with Crippen LogP contribution in [0.15, 0.2) is 0 Å². The molecular weight excluding hydrogens is 318 g/mol. The van der Waals surface area contributed by atoms with E-state index < -0.39 is 10.0 Å². The second kappa shape index (κ2) is 8.96. The number of amides is 1. The number of piperazine rings is 1. The molecule has 2 saturated heterocycles. The highest BCUT2D eigenvalue weighted by Gasteiger charge is 2.28. The van der Waals surface area contributed by atoms with E-state index in [0.717, 1.165) is 39.3 Å². The highest BCUT2D eigenvalue weighted by Crippen LogP contribution is 2.11. The minimum Gasteiger partial charge on any atom is -0.379 e. The zero-order valence-electron chi connectivity index (χ0n) is 14.1. The molecule has 2 aliphatic rings. The van der Waals surface area contributed by atoms with Crippen molar-refractivity contribution in [3.63, 3.8) is 0 Å². The summed E-state index contributed by atoms with van der Waals surface area (Å²) in [6, 6.07) is 0. The fourth-order valence-electron chi connectivity index (χ4n) is 2.91. The molecule has 134 valence electrons. The Labute approximate surface area is 139 Å². The quantitative estimate of drug-likeness (QED) is 0.647. The predicted molar refractivity (Wildman–Crippen MR) is 88.7 cm³/mol. The second-order valence-electron chi connectivity index (χ2n) is 6.15. The van der Waals surface area contributed by atoms with Gasteiger partial charge in [-0.1, -0.05) is 13.3 Å². The normalized spacial score (nSPS) is 21.5. The minimum atomic E-state index is -3.15. The predicted octanol–water partition coefficient (Wildman–Crippen LogP) is -0.0172. The Morgan fingerprint density at radius 3 is 2.30 bits per heavy atom. The molecule has 2 rings (SSSR count). The van der Waals surface area contributed by atoms with Crippen LogP contribution in [0.3, 0.4) is 0 Å². The second-order valence-corrected chi connectivity index (χ2v) is 8.24. The Bertz CT molecular complexity index is 469. The van der Waals surface area contributed by atoms with Crippen LogP contribution in [0.5, 0.6) is 0 Å². The number of ether oxygens (including phenoxy) is 1. The van der Waals surface area contributed by atoms with Gasteiger partial charge in [0.1, 0.15) is 0 Å². The minimum absolute atomic E-state index is 0.127. The fourth-order valence-corrected chi connectivity index (χ4v) is 4.54. The number of nitrogens with zero attached hydrogens (tertiary/aromatic N) is 3. The average molecular weight is 347 g/mol. The van der Waals surface area contributed by atoms with Crippen LogP contribution in [0, 0.1) is 0 Å². The molecule has 0 unspecified atom stereocenters. The molecule has 2 heterocycles. The molecule has 0 radical (unpaired) electrons. The lowest BCUT2D eigenvalue weighted by Crippen LogP contribution is -2.51. The molecule has 2 fully saturated rings. The number of sulfonamides is 1. The van der Waals surface area contributed by atoms with Crippen LogP contribution in [-0.4, -0.2) is 93.2 Å². The molecule has 1 amide bonds. The lowest BCUT2D eigenvalue weighted by atomic mass is 10.3. The van der Waals surface area contributed by atoms with Crippen molar-refractivity contribution in [1.82, 2.24) is 14.1 Å². The van der Waals surface area contributed by atoms with E-state index in [1.165, 1.54) is 4.31 Å². The molecular formula is C15H29N3O4S. The Balaban J connectivity index is 1.71. The number of carbonyl (C=O) groups is 1. The molecule has 0 aliphatic carbocycles. The van der Waals surface area contributed by atoms with E-state index >= 15 is 0 Å². The Hall–Kier alpha value is -0.700. The molecule has 23 heavy (non-hydrogen) atoms. The highest BCUT2D eigenvalue weighted by atomic mass is 32.2. The number of carbonyl (C=O) groups excluding carboxylic acids is 1. The van der Waals surface area contributed by atoms with E-state index in [0.29, 0.717) is 39.0 Å². The zero-order valence-corrected chi connectivity index (χ0v) is 14.9. The molecule has 2 aliphatic heterocycles. The first kappa shape index (κ1) is 18.6. The monoisotopic (exact) mass is 347 g/mol. The maximum Gasteiger partial charge on any atom is 0.223 e. The first-order chi connectivity index (χ1) is 11.0. The molecule has 0 aromatic rings. The standard InChI is InChI=1S/C15H29N3O4S/c1-2-3-14-23(20,21)18-8-6-17(7-9-18)15(19)4-5-16-10-12-22-13-11-16/h2-14H2,1H3. The summed E-state index contributed by atoms with van der Waals surface area (Å²) in [5.41, 5.74) is 0. The van der Waals surface area contributed by atoms with Crippen molar-refractivity contribution < 1.29 is 17.9 Å². The van der Waals surface area contributed by atoms with Crippen molar-refractivity contribution in [2.75, 3.05) is 64.8 Å². The number of morpholine rings is 1. The largest absolute Gasteiger partial charge is 0.379 e. The van der Waals surface area contributed by atoms with Gasteiger partial charge in [-0.2, -0.15) is 4.31 Å². The van der Waals surface area contributed by atoms with Gasteiger partial charge >= 0.3 is 0 Å². The number of rotatable bonds is 7. The van der Waals surface area contributed by atoms with Crippen LogP contribution in [0.25, 0.3) is 0 Å². The SMILES string of the molecule is CCCCS(=O)(=O)N1CCN(C(=O)CCN2CCOCC2)CC1. The van der Waals surface area contributed by atoms with Crippen molar-refractivity contribution in [3.05, 3.63) is 0 Å². The molecule has 0 bridgehead atoms.